The predicted molar refractivity (Wildman–Crippen MR) is 89.2 cm³/mol. The Morgan fingerprint density at radius 1 is 1.35 bits per heavy atom. The molecule has 1 aliphatic carbocycles. The Morgan fingerprint density at radius 2 is 2.13 bits per heavy atom. The number of amides is 1. The number of carbonyl (C=O) groups is 1. The number of thioether (sulfide) groups is 1. The number of fused-ring (bicyclic) bond motifs is 1. The van der Waals surface area contributed by atoms with Crippen molar-refractivity contribution in [3.63, 3.8) is 0 Å². The summed E-state index contributed by atoms with van der Waals surface area (Å²) in [4.78, 5) is 37.2. The number of aromatic amines is 2. The zero-order valence-corrected chi connectivity index (χ0v) is 13.7. The molecule has 0 aromatic carbocycles. The Kier molecular flexibility index (Phi) is 4.56. The number of anilines is 1. The highest BCUT2D eigenvalue weighted by Gasteiger charge is 2.22. The number of aromatic nitrogens is 4. The van der Waals surface area contributed by atoms with Crippen molar-refractivity contribution in [2.24, 2.45) is 5.92 Å². The molecule has 0 aliphatic heterocycles. The highest BCUT2D eigenvalue weighted by Crippen LogP contribution is 2.24. The summed E-state index contributed by atoms with van der Waals surface area (Å²) in [5, 5.41) is 3.57. The Balaban J connectivity index is 1.60. The maximum absolute atomic E-state index is 12.1. The number of hydrogen-bond acceptors (Lipinski definition) is 6. The molecule has 2 heterocycles. The third kappa shape index (κ3) is 3.66. The van der Waals surface area contributed by atoms with Gasteiger partial charge in [-0.05, 0) is 18.8 Å². The van der Waals surface area contributed by atoms with Crippen LogP contribution in [-0.2, 0) is 4.79 Å². The molecule has 2 aromatic rings. The van der Waals surface area contributed by atoms with Gasteiger partial charge in [-0.25, -0.2) is 4.98 Å². The first-order chi connectivity index (χ1) is 11.0. The van der Waals surface area contributed by atoms with E-state index in [4.69, 9.17) is 5.73 Å². The normalized spacial score (nSPS) is 21.4. The largest absolute Gasteiger partial charge is 0.369 e. The molecule has 3 rings (SSSR count). The number of nitrogen functional groups attached to an aromatic ring is 1. The first-order valence-corrected chi connectivity index (χ1v) is 8.69. The van der Waals surface area contributed by atoms with Crippen LogP contribution < -0.4 is 16.6 Å². The SMILES string of the molecule is C[C@H]1CCCC[C@H]1NC(=O)CSc1nc2nc(N)[nH]c(=O)c2[nH]1. The van der Waals surface area contributed by atoms with Crippen LogP contribution in [0.3, 0.4) is 0 Å². The van der Waals surface area contributed by atoms with E-state index in [2.05, 4.69) is 32.2 Å². The van der Waals surface area contributed by atoms with E-state index < -0.39 is 0 Å². The van der Waals surface area contributed by atoms with E-state index in [-0.39, 0.29) is 40.4 Å². The number of rotatable bonds is 4. The standard InChI is InChI=1S/C14H20N6O2S/c1-7-4-2-3-5-8(7)16-9(21)6-23-14-17-10-11(19-14)18-13(15)20-12(10)22/h7-8H,2-6H2,1H3,(H,16,21)(H4,15,17,18,19,20,22)/t7-,8+/m0/s1. The van der Waals surface area contributed by atoms with Gasteiger partial charge in [0.1, 0.15) is 0 Å². The van der Waals surface area contributed by atoms with Crippen LogP contribution in [0.5, 0.6) is 0 Å². The van der Waals surface area contributed by atoms with Crippen molar-refractivity contribution < 1.29 is 4.79 Å². The van der Waals surface area contributed by atoms with Crippen molar-refractivity contribution in [1.82, 2.24) is 25.3 Å². The quantitative estimate of drug-likeness (QED) is 0.617. The summed E-state index contributed by atoms with van der Waals surface area (Å²) in [5.41, 5.74) is 5.64. The molecular formula is C14H20N6O2S. The molecule has 23 heavy (non-hydrogen) atoms. The van der Waals surface area contributed by atoms with Gasteiger partial charge >= 0.3 is 0 Å². The summed E-state index contributed by atoms with van der Waals surface area (Å²) >= 11 is 1.25. The van der Waals surface area contributed by atoms with Gasteiger partial charge in [0.25, 0.3) is 5.56 Å². The lowest BCUT2D eigenvalue weighted by Gasteiger charge is -2.29. The second-order valence-corrected chi connectivity index (χ2v) is 6.88. The summed E-state index contributed by atoms with van der Waals surface area (Å²) in [6.45, 7) is 2.18. The number of nitrogens with zero attached hydrogens (tertiary/aromatic N) is 2. The lowest BCUT2D eigenvalue weighted by Crippen LogP contribution is -2.41. The Bertz CT molecular complexity index is 770. The number of nitrogens with one attached hydrogen (secondary N) is 3. The van der Waals surface area contributed by atoms with Crippen molar-refractivity contribution in [3.05, 3.63) is 10.4 Å². The second-order valence-electron chi connectivity index (χ2n) is 5.92. The van der Waals surface area contributed by atoms with Gasteiger partial charge in [-0.1, -0.05) is 31.5 Å². The molecule has 5 N–H and O–H groups in total. The van der Waals surface area contributed by atoms with Crippen molar-refractivity contribution >= 4 is 34.8 Å². The maximum Gasteiger partial charge on any atom is 0.278 e. The molecule has 0 radical (unpaired) electrons. The van der Waals surface area contributed by atoms with Crippen LogP contribution in [0.2, 0.25) is 0 Å². The first kappa shape index (κ1) is 15.9. The van der Waals surface area contributed by atoms with Gasteiger partial charge in [0.2, 0.25) is 11.9 Å². The Labute approximate surface area is 137 Å². The summed E-state index contributed by atoms with van der Waals surface area (Å²) in [6.07, 6.45) is 4.62. The van der Waals surface area contributed by atoms with E-state index in [1.165, 1.54) is 24.6 Å². The molecule has 124 valence electrons. The molecule has 1 saturated carbocycles. The van der Waals surface area contributed by atoms with E-state index in [0.29, 0.717) is 11.1 Å². The molecule has 0 spiro atoms. The molecular weight excluding hydrogens is 316 g/mol. The van der Waals surface area contributed by atoms with E-state index in [9.17, 15) is 9.59 Å². The summed E-state index contributed by atoms with van der Waals surface area (Å²) in [6, 6.07) is 0.261. The van der Waals surface area contributed by atoms with Gasteiger partial charge in [0.15, 0.2) is 16.3 Å². The number of carbonyl (C=O) groups excluding carboxylic acids is 1. The fourth-order valence-corrected chi connectivity index (χ4v) is 3.56. The van der Waals surface area contributed by atoms with Crippen LogP contribution in [-0.4, -0.2) is 37.6 Å². The van der Waals surface area contributed by atoms with Crippen molar-refractivity contribution in [3.8, 4) is 0 Å². The van der Waals surface area contributed by atoms with Gasteiger partial charge in [-0.15, -0.1) is 0 Å². The molecule has 0 bridgehead atoms. The third-order valence-corrected chi connectivity index (χ3v) is 5.03. The molecule has 0 saturated heterocycles. The molecule has 1 aliphatic rings. The van der Waals surface area contributed by atoms with Crippen LogP contribution in [0, 0.1) is 5.92 Å². The first-order valence-electron chi connectivity index (χ1n) is 7.70. The smallest absolute Gasteiger partial charge is 0.278 e. The lowest BCUT2D eigenvalue weighted by molar-refractivity contribution is -0.119. The topological polar surface area (TPSA) is 130 Å². The van der Waals surface area contributed by atoms with Gasteiger partial charge in [-0.3, -0.25) is 14.6 Å². The highest BCUT2D eigenvalue weighted by molar-refractivity contribution is 7.99. The average Bonchev–Trinajstić information content (AvgIpc) is 2.91. The molecule has 2 aromatic heterocycles. The zero-order valence-electron chi connectivity index (χ0n) is 12.9. The molecule has 2 atom stereocenters. The highest BCUT2D eigenvalue weighted by atomic mass is 32.2. The molecule has 0 unspecified atom stereocenters. The predicted octanol–water partition coefficient (Wildman–Crippen LogP) is 1.02. The minimum absolute atomic E-state index is 0.0180. The second kappa shape index (κ2) is 6.61. The van der Waals surface area contributed by atoms with Crippen LogP contribution in [0.15, 0.2) is 9.95 Å². The van der Waals surface area contributed by atoms with Gasteiger partial charge < -0.3 is 16.0 Å². The van der Waals surface area contributed by atoms with E-state index in [1.54, 1.807) is 0 Å². The minimum Gasteiger partial charge on any atom is -0.369 e. The van der Waals surface area contributed by atoms with Crippen molar-refractivity contribution in [2.75, 3.05) is 11.5 Å². The van der Waals surface area contributed by atoms with Gasteiger partial charge in [-0.2, -0.15) is 4.98 Å². The van der Waals surface area contributed by atoms with Crippen molar-refractivity contribution in [1.29, 1.82) is 0 Å². The number of H-pyrrole nitrogens is 2. The number of imidazole rings is 1. The molecule has 1 amide bonds. The average molecular weight is 336 g/mol. The number of hydrogen-bond donors (Lipinski definition) is 4. The summed E-state index contributed by atoms with van der Waals surface area (Å²) in [7, 11) is 0. The molecule has 9 heteroatoms. The fraction of sp³-hybridized carbons (Fsp3) is 0.571. The zero-order chi connectivity index (χ0) is 16.4. The van der Waals surface area contributed by atoms with Crippen LogP contribution in [0.25, 0.3) is 11.2 Å². The summed E-state index contributed by atoms with van der Waals surface area (Å²) < 4.78 is 0. The van der Waals surface area contributed by atoms with E-state index in [1.807, 2.05) is 0 Å². The van der Waals surface area contributed by atoms with Crippen molar-refractivity contribution in [2.45, 2.75) is 43.8 Å². The van der Waals surface area contributed by atoms with E-state index >= 15 is 0 Å². The van der Waals surface area contributed by atoms with Crippen LogP contribution in [0.4, 0.5) is 5.95 Å². The van der Waals surface area contributed by atoms with Gasteiger partial charge in [0.05, 0.1) is 5.75 Å². The van der Waals surface area contributed by atoms with Gasteiger partial charge in [0, 0.05) is 6.04 Å². The lowest BCUT2D eigenvalue weighted by atomic mass is 9.86. The Hall–Kier alpha value is -2.03. The van der Waals surface area contributed by atoms with E-state index in [0.717, 1.165) is 12.8 Å². The molecule has 8 nitrogen and oxygen atoms in total. The van der Waals surface area contributed by atoms with Crippen LogP contribution >= 0.6 is 11.8 Å². The maximum atomic E-state index is 12.1. The fourth-order valence-electron chi connectivity index (χ4n) is 2.88. The molecule has 1 fully saturated rings. The summed E-state index contributed by atoms with van der Waals surface area (Å²) in [5.74, 6) is 0.774. The Morgan fingerprint density at radius 3 is 2.91 bits per heavy atom. The monoisotopic (exact) mass is 336 g/mol. The number of nitrogens with two attached hydrogens (primary N) is 1. The minimum atomic E-state index is -0.368. The third-order valence-electron chi connectivity index (χ3n) is 4.16. The van der Waals surface area contributed by atoms with Crippen LogP contribution in [0.1, 0.15) is 32.6 Å².